The molecule has 2 rings (SSSR count). The van der Waals surface area contributed by atoms with Gasteiger partial charge in [-0.1, -0.05) is 6.92 Å². The number of ether oxygens (including phenoxy) is 1. The largest absolute Gasteiger partial charge is 0.492 e. The second kappa shape index (κ2) is 6.05. The molecule has 1 heterocycles. The van der Waals surface area contributed by atoms with E-state index in [1.54, 1.807) is 0 Å². The third kappa shape index (κ3) is 2.75. The van der Waals surface area contributed by atoms with Crippen molar-refractivity contribution in [2.75, 3.05) is 6.61 Å². The van der Waals surface area contributed by atoms with Gasteiger partial charge in [0, 0.05) is 24.5 Å². The van der Waals surface area contributed by atoms with Gasteiger partial charge in [-0.05, 0) is 47.5 Å². The first kappa shape index (κ1) is 13.1. The maximum atomic E-state index is 5.64. The zero-order valence-corrected chi connectivity index (χ0v) is 12.3. The maximum Gasteiger partial charge on any atom is 0.139 e. The van der Waals surface area contributed by atoms with Gasteiger partial charge in [0.25, 0.3) is 0 Å². The van der Waals surface area contributed by atoms with Gasteiger partial charge >= 0.3 is 0 Å². The second-order valence-corrected chi connectivity index (χ2v) is 4.88. The molecular formula is C14H17BrN2O. The first-order valence-electron chi connectivity index (χ1n) is 6.20. The molecule has 0 spiro atoms. The predicted octanol–water partition coefficient (Wildman–Crippen LogP) is 4.12. The van der Waals surface area contributed by atoms with Gasteiger partial charge in [0.1, 0.15) is 11.6 Å². The lowest BCUT2D eigenvalue weighted by Gasteiger charge is -2.09. The molecule has 96 valence electrons. The summed E-state index contributed by atoms with van der Waals surface area (Å²) in [5.74, 6) is 1.87. The van der Waals surface area contributed by atoms with E-state index in [9.17, 15) is 0 Å². The van der Waals surface area contributed by atoms with Crippen molar-refractivity contribution >= 4 is 15.9 Å². The van der Waals surface area contributed by atoms with E-state index in [2.05, 4.69) is 45.4 Å². The monoisotopic (exact) mass is 308 g/mol. The molecule has 0 saturated carbocycles. The number of nitrogens with zero attached hydrogens (tertiary/aromatic N) is 2. The van der Waals surface area contributed by atoms with Gasteiger partial charge in [-0.25, -0.2) is 4.98 Å². The Morgan fingerprint density at radius 1 is 1.33 bits per heavy atom. The molecule has 0 amide bonds. The summed E-state index contributed by atoms with van der Waals surface area (Å²) >= 11 is 3.55. The average Bonchev–Trinajstić information content (AvgIpc) is 2.85. The van der Waals surface area contributed by atoms with Crippen molar-refractivity contribution in [1.29, 1.82) is 0 Å². The molecule has 1 aromatic carbocycles. The highest BCUT2D eigenvalue weighted by molar-refractivity contribution is 9.10. The Morgan fingerprint density at radius 3 is 2.83 bits per heavy atom. The van der Waals surface area contributed by atoms with E-state index in [4.69, 9.17) is 4.74 Å². The lowest BCUT2D eigenvalue weighted by atomic mass is 10.2. The summed E-state index contributed by atoms with van der Waals surface area (Å²) in [6.07, 6.45) is 4.83. The van der Waals surface area contributed by atoms with Crippen LogP contribution in [0.15, 0.2) is 35.1 Å². The molecule has 0 aliphatic rings. The van der Waals surface area contributed by atoms with Crippen molar-refractivity contribution in [3.8, 4) is 17.1 Å². The number of hydrogen-bond donors (Lipinski definition) is 0. The predicted molar refractivity (Wildman–Crippen MR) is 76.8 cm³/mol. The van der Waals surface area contributed by atoms with Crippen molar-refractivity contribution in [2.24, 2.45) is 0 Å². The fraction of sp³-hybridized carbons (Fsp3) is 0.357. The van der Waals surface area contributed by atoms with E-state index in [1.807, 2.05) is 24.5 Å². The van der Waals surface area contributed by atoms with Gasteiger partial charge in [0.05, 0.1) is 11.1 Å². The molecule has 0 fully saturated rings. The zero-order valence-electron chi connectivity index (χ0n) is 10.7. The molecule has 4 heteroatoms. The number of aryl methyl sites for hydroxylation is 1. The summed E-state index contributed by atoms with van der Waals surface area (Å²) in [5.41, 5.74) is 1.09. The molecule has 0 N–H and O–H groups in total. The van der Waals surface area contributed by atoms with Crippen molar-refractivity contribution in [3.05, 3.63) is 35.1 Å². The topological polar surface area (TPSA) is 27.1 Å². The highest BCUT2D eigenvalue weighted by atomic mass is 79.9. The summed E-state index contributed by atoms with van der Waals surface area (Å²) in [5, 5.41) is 0. The van der Waals surface area contributed by atoms with Crippen LogP contribution in [0.5, 0.6) is 5.75 Å². The highest BCUT2D eigenvalue weighted by Crippen LogP contribution is 2.30. The Morgan fingerprint density at radius 2 is 2.17 bits per heavy atom. The average molecular weight is 309 g/mol. The van der Waals surface area contributed by atoms with Gasteiger partial charge in [-0.2, -0.15) is 0 Å². The normalized spacial score (nSPS) is 10.6. The minimum Gasteiger partial charge on any atom is -0.492 e. The van der Waals surface area contributed by atoms with Crippen LogP contribution in [0.1, 0.15) is 20.3 Å². The summed E-state index contributed by atoms with van der Waals surface area (Å²) in [6.45, 7) is 5.86. The van der Waals surface area contributed by atoms with Crippen LogP contribution >= 0.6 is 15.9 Å². The number of benzene rings is 1. The summed E-state index contributed by atoms with van der Waals surface area (Å²) < 4.78 is 8.73. The molecule has 0 radical (unpaired) electrons. The lowest BCUT2D eigenvalue weighted by Crippen LogP contribution is -1.98. The Labute approximate surface area is 116 Å². The summed E-state index contributed by atoms with van der Waals surface area (Å²) in [6, 6.07) is 6.09. The molecule has 0 aliphatic carbocycles. The summed E-state index contributed by atoms with van der Waals surface area (Å²) in [7, 11) is 0. The third-order valence-electron chi connectivity index (χ3n) is 2.71. The third-order valence-corrected chi connectivity index (χ3v) is 3.33. The van der Waals surface area contributed by atoms with E-state index in [1.165, 1.54) is 0 Å². The number of aromatic nitrogens is 2. The van der Waals surface area contributed by atoms with E-state index in [0.29, 0.717) is 0 Å². The fourth-order valence-electron chi connectivity index (χ4n) is 1.79. The molecule has 0 bridgehead atoms. The number of hydrogen-bond acceptors (Lipinski definition) is 2. The van der Waals surface area contributed by atoms with Crippen molar-refractivity contribution in [2.45, 2.75) is 26.8 Å². The molecule has 1 aromatic heterocycles. The van der Waals surface area contributed by atoms with Gasteiger partial charge in [-0.3, -0.25) is 0 Å². The molecular weight excluding hydrogens is 292 g/mol. The van der Waals surface area contributed by atoms with Crippen molar-refractivity contribution < 1.29 is 4.74 Å². The molecule has 3 nitrogen and oxygen atoms in total. The van der Waals surface area contributed by atoms with Crippen LogP contribution in [0.25, 0.3) is 11.4 Å². The Hall–Kier alpha value is -1.29. The van der Waals surface area contributed by atoms with Gasteiger partial charge < -0.3 is 9.30 Å². The Kier molecular flexibility index (Phi) is 4.42. The van der Waals surface area contributed by atoms with Crippen LogP contribution in [-0.4, -0.2) is 16.2 Å². The maximum absolute atomic E-state index is 5.64. The molecule has 0 saturated heterocycles. The van der Waals surface area contributed by atoms with E-state index >= 15 is 0 Å². The van der Waals surface area contributed by atoms with Gasteiger partial charge in [0.15, 0.2) is 0 Å². The fourth-order valence-corrected chi connectivity index (χ4v) is 2.29. The smallest absolute Gasteiger partial charge is 0.139 e. The number of halogens is 1. The second-order valence-electron chi connectivity index (χ2n) is 4.03. The van der Waals surface area contributed by atoms with E-state index < -0.39 is 0 Å². The molecule has 0 unspecified atom stereocenters. The minimum absolute atomic E-state index is 0.738. The van der Waals surface area contributed by atoms with Gasteiger partial charge in [0.2, 0.25) is 0 Å². The zero-order chi connectivity index (χ0) is 13.0. The Balaban J connectivity index is 2.28. The van der Waals surface area contributed by atoms with E-state index in [-0.39, 0.29) is 0 Å². The Bertz CT molecular complexity index is 522. The first-order chi connectivity index (χ1) is 8.76. The highest BCUT2D eigenvalue weighted by Gasteiger charge is 2.08. The van der Waals surface area contributed by atoms with Crippen LogP contribution in [0.3, 0.4) is 0 Å². The molecule has 0 aliphatic heterocycles. The number of rotatable bonds is 5. The molecule has 2 aromatic rings. The van der Waals surface area contributed by atoms with E-state index in [0.717, 1.165) is 41.2 Å². The van der Waals surface area contributed by atoms with Crippen LogP contribution in [0.2, 0.25) is 0 Å². The molecule has 18 heavy (non-hydrogen) atoms. The van der Waals surface area contributed by atoms with Crippen LogP contribution in [0.4, 0.5) is 0 Å². The summed E-state index contributed by atoms with van der Waals surface area (Å²) in [4.78, 5) is 4.39. The standard InChI is InChI=1S/C14H17BrN2O/c1-3-9-18-13-6-5-11(10-12(13)15)14-16-7-8-17(14)4-2/h5-8,10H,3-4,9H2,1-2H3. The molecule has 0 atom stereocenters. The minimum atomic E-state index is 0.738. The lowest BCUT2D eigenvalue weighted by molar-refractivity contribution is 0.315. The quantitative estimate of drug-likeness (QED) is 0.830. The van der Waals surface area contributed by atoms with Crippen LogP contribution in [-0.2, 0) is 6.54 Å². The van der Waals surface area contributed by atoms with Crippen LogP contribution in [0, 0.1) is 0 Å². The first-order valence-corrected chi connectivity index (χ1v) is 6.99. The number of imidazole rings is 1. The van der Waals surface area contributed by atoms with Crippen molar-refractivity contribution in [1.82, 2.24) is 9.55 Å². The van der Waals surface area contributed by atoms with Crippen LogP contribution < -0.4 is 4.74 Å². The van der Waals surface area contributed by atoms with Gasteiger partial charge in [-0.15, -0.1) is 0 Å². The van der Waals surface area contributed by atoms with Crippen molar-refractivity contribution in [3.63, 3.8) is 0 Å². The SMILES string of the molecule is CCCOc1ccc(-c2nccn2CC)cc1Br.